The lowest BCUT2D eigenvalue weighted by Gasteiger charge is -2.43. The molecule has 0 aromatic heterocycles. The molecule has 1 saturated heterocycles. The summed E-state index contributed by atoms with van der Waals surface area (Å²) in [5, 5.41) is 40.7. The van der Waals surface area contributed by atoms with Crippen molar-refractivity contribution in [2.24, 2.45) is 0 Å². The molecule has 2 aromatic rings. The molecule has 0 amide bonds. The van der Waals surface area contributed by atoms with Crippen molar-refractivity contribution in [1.82, 2.24) is 4.90 Å². The third kappa shape index (κ3) is 4.33. The fourth-order valence-corrected chi connectivity index (χ4v) is 5.82. The number of nitrogens with zero attached hydrogens (tertiary/aromatic N) is 1. The summed E-state index contributed by atoms with van der Waals surface area (Å²) in [4.78, 5) is 2.37. The van der Waals surface area contributed by atoms with E-state index in [9.17, 15) is 20.4 Å². The van der Waals surface area contributed by atoms with E-state index < -0.39 is 37.3 Å². The highest BCUT2D eigenvalue weighted by Gasteiger charge is 2.46. The first kappa shape index (κ1) is 26.8. The standard InChI is InChI=1S/C27H35NO10/c1-33-18-6-5-13-9-17-15-10-19(34-2)26(36-4)25(14(15)7-8-28(17)11-16(13)24(18)35-3)38-27-23(32)22(31)21(30)20(12-29)37-27/h5-6,10,17,20-23,27,29-32H,7-9,11-12H2,1-4H3/t17-,20+,21+,22-,23+,27-/m0/s1. The van der Waals surface area contributed by atoms with E-state index >= 15 is 0 Å². The summed E-state index contributed by atoms with van der Waals surface area (Å²) in [7, 11) is 6.31. The molecule has 11 nitrogen and oxygen atoms in total. The van der Waals surface area contributed by atoms with Crippen molar-refractivity contribution < 1.29 is 48.8 Å². The van der Waals surface area contributed by atoms with Gasteiger partial charge < -0.3 is 48.8 Å². The maximum Gasteiger partial charge on any atom is 0.229 e. The molecule has 3 heterocycles. The Morgan fingerprint density at radius 1 is 0.868 bits per heavy atom. The van der Waals surface area contributed by atoms with Gasteiger partial charge >= 0.3 is 0 Å². The van der Waals surface area contributed by atoms with Gasteiger partial charge in [-0.3, -0.25) is 4.90 Å². The highest BCUT2D eigenvalue weighted by Crippen LogP contribution is 2.50. The summed E-state index contributed by atoms with van der Waals surface area (Å²) in [5.41, 5.74) is 4.13. The predicted octanol–water partition coefficient (Wildman–Crippen LogP) is 0.555. The summed E-state index contributed by atoms with van der Waals surface area (Å²) in [5.74, 6) is 2.56. The van der Waals surface area contributed by atoms with Gasteiger partial charge in [0.25, 0.3) is 0 Å². The maximum atomic E-state index is 10.6. The minimum absolute atomic E-state index is 0.0151. The summed E-state index contributed by atoms with van der Waals surface area (Å²) in [6.07, 6.45) is -5.71. The fourth-order valence-electron chi connectivity index (χ4n) is 5.82. The monoisotopic (exact) mass is 533 g/mol. The van der Waals surface area contributed by atoms with E-state index in [1.165, 1.54) is 14.2 Å². The van der Waals surface area contributed by atoms with Crippen molar-refractivity contribution in [2.45, 2.75) is 56.1 Å². The van der Waals surface area contributed by atoms with E-state index in [-0.39, 0.29) is 6.04 Å². The van der Waals surface area contributed by atoms with Crippen LogP contribution in [0.25, 0.3) is 0 Å². The van der Waals surface area contributed by atoms with E-state index in [0.717, 1.165) is 41.0 Å². The quantitative estimate of drug-likeness (QED) is 0.397. The Morgan fingerprint density at radius 2 is 1.61 bits per heavy atom. The third-order valence-corrected chi connectivity index (χ3v) is 7.81. The molecule has 208 valence electrons. The van der Waals surface area contributed by atoms with Gasteiger partial charge in [-0.05, 0) is 36.1 Å². The van der Waals surface area contributed by atoms with Gasteiger partial charge in [0, 0.05) is 30.3 Å². The minimum Gasteiger partial charge on any atom is -0.493 e. The van der Waals surface area contributed by atoms with Gasteiger partial charge in [0.2, 0.25) is 12.0 Å². The number of benzene rings is 2. The Morgan fingerprint density at radius 3 is 2.26 bits per heavy atom. The van der Waals surface area contributed by atoms with Crippen LogP contribution in [0.1, 0.15) is 28.3 Å². The fraction of sp³-hybridized carbons (Fsp3) is 0.556. The maximum absolute atomic E-state index is 10.6. The van der Waals surface area contributed by atoms with E-state index in [1.54, 1.807) is 14.2 Å². The number of ether oxygens (including phenoxy) is 6. The molecule has 1 fully saturated rings. The number of hydrogen-bond donors (Lipinski definition) is 4. The van der Waals surface area contributed by atoms with Crippen LogP contribution in [0.5, 0.6) is 28.7 Å². The molecular formula is C27H35NO10. The Hall–Kier alpha value is -2.80. The Bertz CT molecular complexity index is 1170. The molecular weight excluding hydrogens is 498 g/mol. The van der Waals surface area contributed by atoms with Gasteiger partial charge in [-0.15, -0.1) is 0 Å². The first-order chi connectivity index (χ1) is 18.4. The third-order valence-electron chi connectivity index (χ3n) is 7.81. The van der Waals surface area contributed by atoms with Crippen LogP contribution in [-0.2, 0) is 24.1 Å². The molecule has 0 unspecified atom stereocenters. The van der Waals surface area contributed by atoms with Crippen molar-refractivity contribution in [3.63, 3.8) is 0 Å². The van der Waals surface area contributed by atoms with Gasteiger partial charge in [0.05, 0.1) is 35.0 Å². The molecule has 0 radical (unpaired) electrons. The average Bonchev–Trinajstić information content (AvgIpc) is 2.94. The predicted molar refractivity (Wildman–Crippen MR) is 134 cm³/mol. The second-order valence-electron chi connectivity index (χ2n) is 9.70. The number of hydrogen-bond acceptors (Lipinski definition) is 11. The van der Waals surface area contributed by atoms with Crippen LogP contribution in [0.4, 0.5) is 0 Å². The summed E-state index contributed by atoms with van der Waals surface area (Å²) in [6.45, 7) is 0.845. The zero-order valence-electron chi connectivity index (χ0n) is 21.9. The highest BCUT2D eigenvalue weighted by atomic mass is 16.7. The summed E-state index contributed by atoms with van der Waals surface area (Å²) < 4.78 is 34.3. The topological polar surface area (TPSA) is 140 Å². The van der Waals surface area contributed by atoms with Gasteiger partial charge in [0.1, 0.15) is 24.4 Å². The molecule has 3 aliphatic rings. The molecule has 0 spiro atoms. The normalized spacial score (nSPS) is 28.5. The van der Waals surface area contributed by atoms with Crippen LogP contribution in [0.3, 0.4) is 0 Å². The van der Waals surface area contributed by atoms with Crippen molar-refractivity contribution in [2.75, 3.05) is 41.6 Å². The van der Waals surface area contributed by atoms with E-state index in [2.05, 4.69) is 11.0 Å². The lowest BCUT2D eigenvalue weighted by Crippen LogP contribution is -2.60. The Labute approximate surface area is 221 Å². The molecule has 0 saturated carbocycles. The van der Waals surface area contributed by atoms with Crippen molar-refractivity contribution >= 4 is 0 Å². The molecule has 2 aromatic carbocycles. The first-order valence-electron chi connectivity index (χ1n) is 12.6. The van der Waals surface area contributed by atoms with Crippen LogP contribution in [0.15, 0.2) is 18.2 Å². The van der Waals surface area contributed by atoms with E-state index in [1.807, 2.05) is 12.1 Å². The van der Waals surface area contributed by atoms with Crippen molar-refractivity contribution in [3.8, 4) is 28.7 Å². The molecule has 4 N–H and O–H groups in total. The van der Waals surface area contributed by atoms with Gasteiger partial charge in [0.15, 0.2) is 23.0 Å². The Kier molecular flexibility index (Phi) is 7.58. The van der Waals surface area contributed by atoms with E-state index in [0.29, 0.717) is 36.0 Å². The smallest absolute Gasteiger partial charge is 0.229 e. The Balaban J connectivity index is 1.55. The molecule has 0 bridgehead atoms. The number of aliphatic hydroxyl groups is 4. The van der Waals surface area contributed by atoms with E-state index in [4.69, 9.17) is 28.4 Å². The zero-order valence-corrected chi connectivity index (χ0v) is 21.9. The molecule has 5 rings (SSSR count). The van der Waals surface area contributed by atoms with Crippen LogP contribution >= 0.6 is 0 Å². The second-order valence-corrected chi connectivity index (χ2v) is 9.70. The van der Waals surface area contributed by atoms with Crippen molar-refractivity contribution in [3.05, 3.63) is 40.5 Å². The summed E-state index contributed by atoms with van der Waals surface area (Å²) in [6, 6.07) is 5.95. The zero-order chi connectivity index (χ0) is 27.1. The van der Waals surface area contributed by atoms with Crippen LogP contribution in [-0.4, -0.2) is 97.6 Å². The lowest BCUT2D eigenvalue weighted by atomic mass is 9.83. The van der Waals surface area contributed by atoms with Crippen molar-refractivity contribution in [1.29, 1.82) is 0 Å². The van der Waals surface area contributed by atoms with Crippen LogP contribution < -0.4 is 23.7 Å². The van der Waals surface area contributed by atoms with Crippen LogP contribution in [0.2, 0.25) is 0 Å². The average molecular weight is 534 g/mol. The van der Waals surface area contributed by atoms with Gasteiger partial charge in [-0.1, -0.05) is 6.07 Å². The first-order valence-corrected chi connectivity index (χ1v) is 12.6. The largest absolute Gasteiger partial charge is 0.493 e. The minimum atomic E-state index is -1.56. The number of methoxy groups -OCH3 is 4. The molecule has 6 atom stereocenters. The van der Waals surface area contributed by atoms with Gasteiger partial charge in [-0.2, -0.15) is 0 Å². The number of aliphatic hydroxyl groups excluding tert-OH is 4. The molecule has 38 heavy (non-hydrogen) atoms. The van der Waals surface area contributed by atoms with Crippen LogP contribution in [0, 0.1) is 0 Å². The van der Waals surface area contributed by atoms with Gasteiger partial charge in [-0.25, -0.2) is 0 Å². The summed E-state index contributed by atoms with van der Waals surface area (Å²) >= 11 is 0. The molecule has 11 heteroatoms. The molecule has 0 aliphatic carbocycles. The number of fused-ring (bicyclic) bond motifs is 4. The lowest BCUT2D eigenvalue weighted by molar-refractivity contribution is -0.277. The molecule has 3 aliphatic heterocycles. The second kappa shape index (κ2) is 10.8. The number of rotatable bonds is 7. The highest BCUT2D eigenvalue weighted by molar-refractivity contribution is 5.62. The SMILES string of the molecule is COc1ccc2c(c1OC)CN1CCc3c(cc(OC)c(OC)c3O[C@@H]3O[C@H](CO)[C@@H](O)[C@H](O)[C@H]3O)[C@@H]1C2.